The predicted molar refractivity (Wildman–Crippen MR) is 129 cm³/mol. The topological polar surface area (TPSA) is 93.6 Å². The Bertz CT molecular complexity index is 1380. The lowest BCUT2D eigenvalue weighted by atomic mass is 9.83. The molecule has 2 N–H and O–H groups in total. The van der Waals surface area contributed by atoms with E-state index in [1.165, 1.54) is 35.0 Å². The molecule has 7 nitrogen and oxygen atoms in total. The molecule has 1 atom stereocenters. The van der Waals surface area contributed by atoms with Gasteiger partial charge in [0.15, 0.2) is 17.3 Å². The maximum Gasteiger partial charge on any atom is 0.389 e. The highest BCUT2D eigenvalue weighted by Gasteiger charge is 2.50. The average molecular weight is 516 g/mol. The van der Waals surface area contributed by atoms with E-state index >= 15 is 0 Å². The first kappa shape index (κ1) is 26.1. The molecule has 1 amide bonds. The predicted octanol–water partition coefficient (Wildman–Crippen LogP) is 4.65. The van der Waals surface area contributed by atoms with Crippen LogP contribution in [0.1, 0.15) is 47.8 Å². The van der Waals surface area contributed by atoms with E-state index in [0.29, 0.717) is 11.1 Å². The highest BCUT2D eigenvalue weighted by atomic mass is 19.4. The molecule has 0 saturated carbocycles. The van der Waals surface area contributed by atoms with Crippen LogP contribution in [-0.4, -0.2) is 45.3 Å². The number of Topliss-reactive ketones (excluding diaryl/α,β-unsaturated/α-hetero) is 1. The van der Waals surface area contributed by atoms with Gasteiger partial charge >= 0.3 is 6.18 Å². The minimum absolute atomic E-state index is 0.0730. The molecular weight excluding hydrogens is 490 g/mol. The lowest BCUT2D eigenvalue weighted by molar-refractivity contribution is -0.136. The summed E-state index contributed by atoms with van der Waals surface area (Å²) < 4.78 is 54.2. The summed E-state index contributed by atoms with van der Waals surface area (Å²) in [4.78, 5) is 35.7. The SMILES string of the molecule is CCC(=O)c1cc([C@]2(c3cccc(-c4cccnc4F)c3)N=C(N)N(C)C2=O)cn1CCCC(F)(F)F. The summed E-state index contributed by atoms with van der Waals surface area (Å²) in [7, 11) is 1.45. The molecule has 194 valence electrons. The van der Waals surface area contributed by atoms with Crippen LogP contribution in [-0.2, 0) is 16.9 Å². The van der Waals surface area contributed by atoms with E-state index in [-0.39, 0.29) is 48.0 Å². The third-order valence-corrected chi connectivity index (χ3v) is 6.37. The second kappa shape index (κ2) is 9.79. The van der Waals surface area contributed by atoms with E-state index < -0.39 is 30.0 Å². The van der Waals surface area contributed by atoms with Crippen LogP contribution < -0.4 is 5.73 Å². The zero-order valence-electron chi connectivity index (χ0n) is 20.2. The number of nitrogens with two attached hydrogens (primary N) is 1. The van der Waals surface area contributed by atoms with Gasteiger partial charge in [0.1, 0.15) is 0 Å². The molecule has 0 radical (unpaired) electrons. The number of carbonyl (C=O) groups excluding carboxylic acids is 2. The van der Waals surface area contributed by atoms with E-state index in [4.69, 9.17) is 5.73 Å². The van der Waals surface area contributed by atoms with E-state index in [0.717, 1.165) is 0 Å². The lowest BCUT2D eigenvalue weighted by Gasteiger charge is -2.25. The number of aromatic nitrogens is 2. The highest BCUT2D eigenvalue weighted by Crippen LogP contribution is 2.41. The van der Waals surface area contributed by atoms with Crippen molar-refractivity contribution in [2.75, 3.05) is 7.05 Å². The average Bonchev–Trinajstić information content (AvgIpc) is 3.38. The zero-order chi connectivity index (χ0) is 27.0. The molecule has 1 aromatic carbocycles. The van der Waals surface area contributed by atoms with Crippen molar-refractivity contribution in [2.45, 2.75) is 44.4 Å². The normalized spacial score (nSPS) is 17.8. The summed E-state index contributed by atoms with van der Waals surface area (Å²) in [5.41, 5.74) is 5.77. The van der Waals surface area contributed by atoms with Gasteiger partial charge in [0.05, 0.1) is 5.69 Å². The number of nitrogens with zero attached hydrogens (tertiary/aromatic N) is 4. The molecule has 3 heterocycles. The number of amides is 1. The van der Waals surface area contributed by atoms with Crippen LogP contribution in [0, 0.1) is 5.95 Å². The maximum atomic E-state index is 14.4. The van der Waals surface area contributed by atoms with Crippen LogP contribution >= 0.6 is 0 Å². The van der Waals surface area contributed by atoms with Gasteiger partial charge in [0, 0.05) is 50.0 Å². The number of aryl methyl sites for hydroxylation is 1. The first-order valence-electron chi connectivity index (χ1n) is 11.6. The Kier molecular flexibility index (Phi) is 6.90. The Morgan fingerprint density at radius 2 is 1.89 bits per heavy atom. The van der Waals surface area contributed by atoms with E-state index in [1.54, 1.807) is 43.3 Å². The molecule has 4 rings (SSSR count). The van der Waals surface area contributed by atoms with Gasteiger partial charge in [0.25, 0.3) is 5.91 Å². The van der Waals surface area contributed by atoms with Crippen molar-refractivity contribution in [1.29, 1.82) is 0 Å². The first-order valence-corrected chi connectivity index (χ1v) is 11.6. The van der Waals surface area contributed by atoms with Gasteiger partial charge in [-0.3, -0.25) is 14.5 Å². The van der Waals surface area contributed by atoms with Gasteiger partial charge in [-0.25, -0.2) is 9.98 Å². The molecule has 1 aliphatic heterocycles. The van der Waals surface area contributed by atoms with E-state index in [2.05, 4.69) is 9.98 Å². The van der Waals surface area contributed by atoms with E-state index in [1.807, 2.05) is 0 Å². The number of alkyl halides is 3. The number of hydrogen-bond donors (Lipinski definition) is 1. The molecule has 0 bridgehead atoms. The van der Waals surface area contributed by atoms with Crippen molar-refractivity contribution < 1.29 is 27.2 Å². The number of halogens is 4. The first-order chi connectivity index (χ1) is 17.5. The van der Waals surface area contributed by atoms with Crippen molar-refractivity contribution in [1.82, 2.24) is 14.5 Å². The minimum Gasteiger partial charge on any atom is -0.369 e. The summed E-state index contributed by atoms with van der Waals surface area (Å²) in [6.45, 7) is 1.56. The number of likely N-dealkylation sites (N-methyl/N-ethyl adjacent to an activating group) is 1. The Labute approximate surface area is 210 Å². The number of hydrogen-bond acceptors (Lipinski definition) is 5. The van der Waals surface area contributed by atoms with Gasteiger partial charge < -0.3 is 10.3 Å². The minimum atomic E-state index is -4.34. The summed E-state index contributed by atoms with van der Waals surface area (Å²) in [5.74, 6) is -1.58. The molecule has 0 aliphatic carbocycles. The molecule has 1 aliphatic rings. The third-order valence-electron chi connectivity index (χ3n) is 6.37. The summed E-state index contributed by atoms with van der Waals surface area (Å²) in [6, 6.07) is 11.1. The Balaban J connectivity index is 1.87. The second-order valence-corrected chi connectivity index (χ2v) is 8.77. The highest BCUT2D eigenvalue weighted by molar-refractivity contribution is 6.09. The molecule has 11 heteroatoms. The third kappa shape index (κ3) is 4.85. The Hall–Kier alpha value is -4.02. The van der Waals surface area contributed by atoms with Crippen LogP contribution in [0.5, 0.6) is 0 Å². The number of benzene rings is 1. The zero-order valence-corrected chi connectivity index (χ0v) is 20.2. The molecule has 0 spiro atoms. The Morgan fingerprint density at radius 1 is 1.14 bits per heavy atom. The number of pyridine rings is 1. The van der Waals surface area contributed by atoms with Crippen LogP contribution in [0.3, 0.4) is 0 Å². The molecule has 0 saturated heterocycles. The van der Waals surface area contributed by atoms with Gasteiger partial charge in [-0.1, -0.05) is 25.1 Å². The number of ketones is 1. The number of carbonyl (C=O) groups is 2. The summed E-state index contributed by atoms with van der Waals surface area (Å²) in [6.07, 6.45) is -2.69. The molecule has 37 heavy (non-hydrogen) atoms. The van der Waals surface area contributed by atoms with Gasteiger partial charge in [-0.2, -0.15) is 17.6 Å². The fourth-order valence-electron chi connectivity index (χ4n) is 4.46. The lowest BCUT2D eigenvalue weighted by Crippen LogP contribution is -2.41. The molecular formula is C26H25F4N5O2. The van der Waals surface area contributed by atoms with Crippen LogP contribution in [0.2, 0.25) is 0 Å². The molecule has 0 fully saturated rings. The monoisotopic (exact) mass is 515 g/mol. The van der Waals surface area contributed by atoms with Crippen LogP contribution in [0.15, 0.2) is 59.9 Å². The number of aliphatic imine (C=N–C) groups is 1. The fraction of sp³-hybridized carbons (Fsp3) is 0.308. The number of rotatable bonds is 8. The Morgan fingerprint density at radius 3 is 2.51 bits per heavy atom. The number of guanidine groups is 1. The second-order valence-electron chi connectivity index (χ2n) is 8.77. The summed E-state index contributed by atoms with van der Waals surface area (Å²) >= 11 is 0. The largest absolute Gasteiger partial charge is 0.389 e. The van der Waals surface area contributed by atoms with Gasteiger partial charge in [0.2, 0.25) is 5.95 Å². The van der Waals surface area contributed by atoms with Gasteiger partial charge in [-0.05, 0) is 41.8 Å². The molecule has 0 unspecified atom stereocenters. The van der Waals surface area contributed by atoms with Crippen molar-refractivity contribution in [3.63, 3.8) is 0 Å². The standard InChI is InChI=1S/C26H25F4N5O2/c1-3-21(36)20-14-18(15-35(20)12-6-10-25(28,29)30)26(23(37)34(2)24(31)33-26)17-8-4-7-16(13-17)19-9-5-11-32-22(19)27/h4-5,7-9,11,13-15H,3,6,10,12H2,1-2H3,(H2,31,33)/t26-/m0/s1. The van der Waals surface area contributed by atoms with Crippen molar-refractivity contribution in [3.8, 4) is 11.1 Å². The quantitative estimate of drug-likeness (QED) is 0.268. The molecule has 2 aromatic heterocycles. The maximum absolute atomic E-state index is 14.4. The smallest absolute Gasteiger partial charge is 0.369 e. The van der Waals surface area contributed by atoms with Crippen molar-refractivity contribution in [3.05, 3.63) is 77.6 Å². The summed E-state index contributed by atoms with van der Waals surface area (Å²) in [5, 5.41) is 0. The van der Waals surface area contributed by atoms with Gasteiger partial charge in [-0.15, -0.1) is 0 Å². The van der Waals surface area contributed by atoms with E-state index in [9.17, 15) is 27.2 Å². The fourth-order valence-corrected chi connectivity index (χ4v) is 4.46. The van der Waals surface area contributed by atoms with Crippen LogP contribution in [0.4, 0.5) is 17.6 Å². The molecule has 3 aromatic rings. The van der Waals surface area contributed by atoms with Crippen molar-refractivity contribution in [2.24, 2.45) is 10.7 Å². The van der Waals surface area contributed by atoms with Crippen LogP contribution in [0.25, 0.3) is 11.1 Å². The van der Waals surface area contributed by atoms with Crippen molar-refractivity contribution >= 4 is 17.6 Å².